The van der Waals surface area contributed by atoms with E-state index in [2.05, 4.69) is 31.3 Å². The summed E-state index contributed by atoms with van der Waals surface area (Å²) in [4.78, 5) is 26.8. The molecule has 0 radical (unpaired) electrons. The van der Waals surface area contributed by atoms with Crippen LogP contribution in [-0.2, 0) is 27.3 Å². The van der Waals surface area contributed by atoms with Crippen molar-refractivity contribution in [3.63, 3.8) is 0 Å². The second-order valence-electron chi connectivity index (χ2n) is 7.40. The summed E-state index contributed by atoms with van der Waals surface area (Å²) in [5.41, 5.74) is 4.31. The standard InChI is InChI=1S/C23H28N2O3/c1-4-16(2)17-9-11-20(12-10-17)24-22(26)15-25-14-19-8-6-5-7-18(19)13-21(25)23(27)28-3/h5-12,16,21H,4,13-15H2,1-3H3,(H,24,26)/t16-,21-/m1/s1. The van der Waals surface area contributed by atoms with Gasteiger partial charge in [-0.25, -0.2) is 0 Å². The van der Waals surface area contributed by atoms with Gasteiger partial charge in [0, 0.05) is 12.2 Å². The lowest BCUT2D eigenvalue weighted by atomic mass is 9.94. The topological polar surface area (TPSA) is 58.6 Å². The Bertz CT molecular complexity index is 832. The summed E-state index contributed by atoms with van der Waals surface area (Å²) in [5.74, 6) is 0.0590. The van der Waals surface area contributed by atoms with Gasteiger partial charge in [-0.1, -0.05) is 50.2 Å². The van der Waals surface area contributed by atoms with Gasteiger partial charge in [0.05, 0.1) is 13.7 Å². The van der Waals surface area contributed by atoms with Crippen LogP contribution in [0.5, 0.6) is 0 Å². The van der Waals surface area contributed by atoms with E-state index in [1.165, 1.54) is 12.7 Å². The minimum Gasteiger partial charge on any atom is -0.468 e. The number of rotatable bonds is 6. The molecule has 1 amide bonds. The molecule has 0 aliphatic carbocycles. The maximum atomic E-state index is 12.6. The number of nitrogens with one attached hydrogen (secondary N) is 1. The Morgan fingerprint density at radius 2 is 1.82 bits per heavy atom. The van der Waals surface area contributed by atoms with Gasteiger partial charge < -0.3 is 10.1 Å². The molecule has 1 aliphatic heterocycles. The fourth-order valence-electron chi connectivity index (χ4n) is 3.63. The number of nitrogens with zero attached hydrogens (tertiary/aromatic N) is 1. The fourth-order valence-corrected chi connectivity index (χ4v) is 3.63. The maximum absolute atomic E-state index is 12.6. The number of hydrogen-bond donors (Lipinski definition) is 1. The number of anilines is 1. The molecule has 5 heteroatoms. The quantitative estimate of drug-likeness (QED) is 0.776. The minimum atomic E-state index is -0.446. The number of carbonyl (C=O) groups is 2. The zero-order valence-corrected chi connectivity index (χ0v) is 16.8. The molecule has 2 aromatic carbocycles. The van der Waals surface area contributed by atoms with Crippen molar-refractivity contribution in [1.29, 1.82) is 0 Å². The van der Waals surface area contributed by atoms with Crippen LogP contribution in [0.3, 0.4) is 0 Å². The number of carbonyl (C=O) groups excluding carboxylic acids is 2. The van der Waals surface area contributed by atoms with Crippen molar-refractivity contribution in [3.05, 3.63) is 65.2 Å². The molecule has 1 N–H and O–H groups in total. The highest BCUT2D eigenvalue weighted by Crippen LogP contribution is 2.24. The highest BCUT2D eigenvalue weighted by Gasteiger charge is 2.33. The first kappa shape index (κ1) is 20.1. The molecule has 0 aromatic heterocycles. The highest BCUT2D eigenvalue weighted by atomic mass is 16.5. The average Bonchev–Trinajstić information content (AvgIpc) is 2.72. The molecule has 0 unspecified atom stereocenters. The molecule has 0 spiro atoms. The van der Waals surface area contributed by atoms with Gasteiger partial charge in [0.1, 0.15) is 6.04 Å². The third-order valence-electron chi connectivity index (χ3n) is 5.54. The van der Waals surface area contributed by atoms with E-state index in [-0.39, 0.29) is 18.4 Å². The van der Waals surface area contributed by atoms with Crippen LogP contribution in [0.4, 0.5) is 5.69 Å². The lowest BCUT2D eigenvalue weighted by Crippen LogP contribution is -2.49. The van der Waals surface area contributed by atoms with E-state index in [1.54, 1.807) is 0 Å². The number of methoxy groups -OCH3 is 1. The van der Waals surface area contributed by atoms with Crippen LogP contribution in [0.15, 0.2) is 48.5 Å². The maximum Gasteiger partial charge on any atom is 0.323 e. The summed E-state index contributed by atoms with van der Waals surface area (Å²) in [5, 5.41) is 2.94. The number of esters is 1. The number of ether oxygens (including phenoxy) is 1. The van der Waals surface area contributed by atoms with Gasteiger partial charge in [0.25, 0.3) is 0 Å². The summed E-state index contributed by atoms with van der Waals surface area (Å²) < 4.78 is 4.97. The van der Waals surface area contributed by atoms with E-state index >= 15 is 0 Å². The SMILES string of the molecule is CC[C@@H](C)c1ccc(NC(=O)CN2Cc3ccccc3C[C@@H]2C(=O)OC)cc1. The van der Waals surface area contributed by atoms with Crippen molar-refractivity contribution in [2.45, 2.75) is 45.2 Å². The minimum absolute atomic E-state index is 0.135. The Kier molecular flexibility index (Phi) is 6.47. The van der Waals surface area contributed by atoms with Gasteiger partial charge in [-0.2, -0.15) is 0 Å². The molecule has 2 aromatic rings. The van der Waals surface area contributed by atoms with E-state index in [0.717, 1.165) is 23.2 Å². The molecule has 3 rings (SSSR count). The predicted octanol–water partition coefficient (Wildman–Crippen LogP) is 3.74. The van der Waals surface area contributed by atoms with E-state index in [4.69, 9.17) is 4.74 Å². The Morgan fingerprint density at radius 3 is 2.46 bits per heavy atom. The van der Waals surface area contributed by atoms with Gasteiger partial charge in [-0.3, -0.25) is 14.5 Å². The van der Waals surface area contributed by atoms with Crippen LogP contribution in [-0.4, -0.2) is 36.5 Å². The molecule has 0 fully saturated rings. The summed E-state index contributed by atoms with van der Waals surface area (Å²) >= 11 is 0. The van der Waals surface area contributed by atoms with Gasteiger partial charge >= 0.3 is 5.97 Å². The molecule has 1 aliphatic rings. The molecular weight excluding hydrogens is 352 g/mol. The van der Waals surface area contributed by atoms with Crippen LogP contribution in [0, 0.1) is 0 Å². The van der Waals surface area contributed by atoms with Crippen LogP contribution in [0.2, 0.25) is 0 Å². The summed E-state index contributed by atoms with van der Waals surface area (Å²) in [6.07, 6.45) is 1.64. The summed E-state index contributed by atoms with van der Waals surface area (Å²) in [7, 11) is 1.39. The van der Waals surface area contributed by atoms with E-state index < -0.39 is 6.04 Å². The molecule has 0 saturated heterocycles. The van der Waals surface area contributed by atoms with Gasteiger partial charge in [-0.15, -0.1) is 0 Å². The molecule has 28 heavy (non-hydrogen) atoms. The second-order valence-corrected chi connectivity index (χ2v) is 7.40. The zero-order chi connectivity index (χ0) is 20.1. The molecule has 1 heterocycles. The van der Waals surface area contributed by atoms with Crippen molar-refractivity contribution in [2.75, 3.05) is 19.0 Å². The van der Waals surface area contributed by atoms with E-state index in [9.17, 15) is 9.59 Å². The van der Waals surface area contributed by atoms with Gasteiger partial charge in [-0.05, 0) is 47.6 Å². The summed E-state index contributed by atoms with van der Waals surface area (Å²) in [6, 6.07) is 15.6. The Balaban J connectivity index is 1.68. The van der Waals surface area contributed by atoms with Crippen molar-refractivity contribution < 1.29 is 14.3 Å². The van der Waals surface area contributed by atoms with E-state index in [1.807, 2.05) is 41.3 Å². The number of hydrogen-bond acceptors (Lipinski definition) is 4. The molecule has 0 saturated carbocycles. The Hall–Kier alpha value is -2.66. The van der Waals surface area contributed by atoms with Crippen molar-refractivity contribution in [1.82, 2.24) is 4.90 Å². The zero-order valence-electron chi connectivity index (χ0n) is 16.8. The Morgan fingerprint density at radius 1 is 1.14 bits per heavy atom. The van der Waals surface area contributed by atoms with Crippen LogP contribution < -0.4 is 5.32 Å². The molecular formula is C23H28N2O3. The second kappa shape index (κ2) is 9.02. The first-order valence-corrected chi connectivity index (χ1v) is 9.80. The van der Waals surface area contributed by atoms with Crippen molar-refractivity contribution in [2.24, 2.45) is 0 Å². The smallest absolute Gasteiger partial charge is 0.323 e. The number of benzene rings is 2. The Labute approximate surface area is 166 Å². The van der Waals surface area contributed by atoms with E-state index in [0.29, 0.717) is 18.9 Å². The van der Waals surface area contributed by atoms with Crippen LogP contribution in [0.25, 0.3) is 0 Å². The average molecular weight is 380 g/mol. The lowest BCUT2D eigenvalue weighted by molar-refractivity contribution is -0.148. The van der Waals surface area contributed by atoms with Crippen molar-refractivity contribution in [3.8, 4) is 0 Å². The third kappa shape index (κ3) is 4.60. The predicted molar refractivity (Wildman–Crippen MR) is 110 cm³/mol. The van der Waals surface area contributed by atoms with Crippen LogP contribution in [0.1, 0.15) is 42.9 Å². The first-order chi connectivity index (χ1) is 13.5. The largest absolute Gasteiger partial charge is 0.468 e. The molecule has 5 nitrogen and oxygen atoms in total. The molecule has 148 valence electrons. The molecule has 0 bridgehead atoms. The number of fused-ring (bicyclic) bond motifs is 1. The number of amides is 1. The highest BCUT2D eigenvalue weighted by molar-refractivity contribution is 5.92. The normalized spacial score (nSPS) is 17.5. The first-order valence-electron chi connectivity index (χ1n) is 9.80. The lowest BCUT2D eigenvalue weighted by Gasteiger charge is -2.34. The van der Waals surface area contributed by atoms with Crippen molar-refractivity contribution >= 4 is 17.6 Å². The fraction of sp³-hybridized carbons (Fsp3) is 0.391. The molecule has 2 atom stereocenters. The van der Waals surface area contributed by atoms with Gasteiger partial charge in [0.15, 0.2) is 0 Å². The van der Waals surface area contributed by atoms with Crippen LogP contribution >= 0.6 is 0 Å². The summed E-state index contributed by atoms with van der Waals surface area (Å²) in [6.45, 7) is 5.04. The van der Waals surface area contributed by atoms with Gasteiger partial charge in [0.2, 0.25) is 5.91 Å². The third-order valence-corrected chi connectivity index (χ3v) is 5.54. The monoisotopic (exact) mass is 380 g/mol.